The van der Waals surface area contributed by atoms with Crippen molar-refractivity contribution in [1.82, 2.24) is 10.2 Å². The normalized spacial score (nSPS) is 17.8. The molecule has 0 bridgehead atoms. The highest BCUT2D eigenvalue weighted by atomic mass is 16.5. The Morgan fingerprint density at radius 3 is 2.86 bits per heavy atom. The van der Waals surface area contributed by atoms with Gasteiger partial charge >= 0.3 is 0 Å². The molecule has 0 amide bonds. The number of nitrogens with zero attached hydrogens (tertiary/aromatic N) is 4. The molecule has 5 nitrogen and oxygen atoms in total. The van der Waals surface area contributed by atoms with Gasteiger partial charge in [-0.2, -0.15) is 10.4 Å². The third kappa shape index (κ3) is 3.22. The molecule has 0 aliphatic carbocycles. The van der Waals surface area contributed by atoms with Crippen molar-refractivity contribution in [2.24, 2.45) is 0 Å². The summed E-state index contributed by atoms with van der Waals surface area (Å²) >= 11 is 0. The van der Waals surface area contributed by atoms with E-state index in [1.807, 2.05) is 6.92 Å². The van der Waals surface area contributed by atoms with E-state index in [9.17, 15) is 5.26 Å². The van der Waals surface area contributed by atoms with E-state index >= 15 is 0 Å². The fourth-order valence-corrected chi connectivity index (χ4v) is 2.76. The Balaban J connectivity index is 2.25. The van der Waals surface area contributed by atoms with Crippen molar-refractivity contribution in [3.63, 3.8) is 0 Å². The molecule has 21 heavy (non-hydrogen) atoms. The second-order valence-electron chi connectivity index (χ2n) is 5.12. The summed E-state index contributed by atoms with van der Waals surface area (Å²) in [7, 11) is 0. The first-order valence-electron chi connectivity index (χ1n) is 7.51. The van der Waals surface area contributed by atoms with Crippen LogP contribution in [0.4, 0.5) is 5.82 Å². The molecule has 1 fully saturated rings. The van der Waals surface area contributed by atoms with Crippen LogP contribution in [0.3, 0.4) is 0 Å². The molecule has 1 atom stereocenters. The first-order valence-corrected chi connectivity index (χ1v) is 7.51. The Morgan fingerprint density at radius 1 is 1.43 bits per heavy atom. The van der Waals surface area contributed by atoms with E-state index in [1.165, 1.54) is 0 Å². The number of aromatic nitrogens is 2. The van der Waals surface area contributed by atoms with Gasteiger partial charge in [0.05, 0.1) is 18.4 Å². The molecule has 112 valence electrons. The maximum Gasteiger partial charge on any atom is 0.169 e. The van der Waals surface area contributed by atoms with Crippen molar-refractivity contribution in [3.05, 3.63) is 29.5 Å². The summed E-state index contributed by atoms with van der Waals surface area (Å²) in [6, 6.07) is 2.32. The minimum absolute atomic E-state index is 0.173. The first-order chi connectivity index (χ1) is 10.2. The zero-order chi connectivity index (χ0) is 15.2. The van der Waals surface area contributed by atoms with E-state index < -0.39 is 0 Å². The lowest BCUT2D eigenvalue weighted by Gasteiger charge is -2.20. The molecule has 0 radical (unpaired) electrons. The molecule has 0 saturated carbocycles. The number of aryl methyl sites for hydroxylation is 1. The summed E-state index contributed by atoms with van der Waals surface area (Å²) in [5.74, 6) is 0.705. The third-order valence-corrected chi connectivity index (χ3v) is 3.83. The molecule has 0 N–H and O–H groups in total. The smallest absolute Gasteiger partial charge is 0.169 e. The number of rotatable bonds is 6. The zero-order valence-corrected chi connectivity index (χ0v) is 12.8. The monoisotopic (exact) mass is 286 g/mol. The highest BCUT2D eigenvalue weighted by Gasteiger charge is 2.27. The van der Waals surface area contributed by atoms with Gasteiger partial charge in [0.25, 0.3) is 0 Å². The van der Waals surface area contributed by atoms with Crippen LogP contribution in [0.1, 0.15) is 37.1 Å². The summed E-state index contributed by atoms with van der Waals surface area (Å²) in [4.78, 5) is 2.11. The lowest BCUT2D eigenvalue weighted by Crippen LogP contribution is -2.26. The molecular weight excluding hydrogens is 264 g/mol. The zero-order valence-electron chi connectivity index (χ0n) is 12.8. The average Bonchev–Trinajstić information content (AvgIpc) is 2.99. The van der Waals surface area contributed by atoms with Gasteiger partial charge in [0.15, 0.2) is 5.82 Å². The van der Waals surface area contributed by atoms with Gasteiger partial charge in [-0.05, 0) is 24.8 Å². The standard InChI is InChI=1S/C16H22N4O/c1-4-9-21-12-7-8-20(11-12)16-14(10-17)13(5-2)15(6-3)18-19-16/h4,12H,1,5-9,11H2,2-3H3. The summed E-state index contributed by atoms with van der Waals surface area (Å²) in [6.45, 7) is 9.92. The maximum atomic E-state index is 9.53. The lowest BCUT2D eigenvalue weighted by atomic mass is 10.0. The van der Waals surface area contributed by atoms with E-state index in [4.69, 9.17) is 4.74 Å². The van der Waals surface area contributed by atoms with Gasteiger partial charge < -0.3 is 9.64 Å². The number of nitriles is 1. The highest BCUT2D eigenvalue weighted by Crippen LogP contribution is 2.26. The fraction of sp³-hybridized carbons (Fsp3) is 0.562. The van der Waals surface area contributed by atoms with E-state index in [1.54, 1.807) is 6.08 Å². The molecule has 0 spiro atoms. The minimum Gasteiger partial charge on any atom is -0.372 e. The SMILES string of the molecule is C=CCOC1CCN(c2nnc(CC)c(CC)c2C#N)C1. The van der Waals surface area contributed by atoms with E-state index in [2.05, 4.69) is 34.7 Å². The molecule has 5 heteroatoms. The average molecular weight is 286 g/mol. The van der Waals surface area contributed by atoms with Crippen molar-refractivity contribution in [1.29, 1.82) is 5.26 Å². The molecule has 2 rings (SSSR count). The van der Waals surface area contributed by atoms with Crippen LogP contribution in [0.25, 0.3) is 0 Å². The van der Waals surface area contributed by atoms with Crippen LogP contribution in [0.5, 0.6) is 0 Å². The second-order valence-corrected chi connectivity index (χ2v) is 5.12. The molecule has 1 aromatic heterocycles. The third-order valence-electron chi connectivity index (χ3n) is 3.83. The molecule has 2 heterocycles. The second kappa shape index (κ2) is 7.19. The number of anilines is 1. The maximum absolute atomic E-state index is 9.53. The van der Waals surface area contributed by atoms with Gasteiger partial charge in [0, 0.05) is 13.1 Å². The van der Waals surface area contributed by atoms with Crippen molar-refractivity contribution >= 4 is 5.82 Å². The van der Waals surface area contributed by atoms with Gasteiger partial charge in [0.1, 0.15) is 11.6 Å². The van der Waals surface area contributed by atoms with Crippen LogP contribution in [-0.4, -0.2) is 36.0 Å². The Kier molecular flexibility index (Phi) is 5.29. The quantitative estimate of drug-likeness (QED) is 0.751. The Bertz CT molecular complexity index is 550. The van der Waals surface area contributed by atoms with Crippen LogP contribution < -0.4 is 4.90 Å². The van der Waals surface area contributed by atoms with Crippen LogP contribution in [-0.2, 0) is 17.6 Å². The van der Waals surface area contributed by atoms with E-state index in [-0.39, 0.29) is 6.10 Å². The highest BCUT2D eigenvalue weighted by molar-refractivity contribution is 5.58. The largest absolute Gasteiger partial charge is 0.372 e. The lowest BCUT2D eigenvalue weighted by molar-refractivity contribution is 0.0909. The summed E-state index contributed by atoms with van der Waals surface area (Å²) in [6.07, 6.45) is 4.48. The molecule has 1 unspecified atom stereocenters. The van der Waals surface area contributed by atoms with Crippen LogP contribution in [0.15, 0.2) is 12.7 Å². The number of ether oxygens (including phenoxy) is 1. The Labute approximate surface area is 126 Å². The predicted octanol–water partition coefficient (Wildman–Crippen LogP) is 2.25. The van der Waals surface area contributed by atoms with Crippen LogP contribution in [0.2, 0.25) is 0 Å². The van der Waals surface area contributed by atoms with Gasteiger partial charge in [-0.3, -0.25) is 0 Å². The van der Waals surface area contributed by atoms with Crippen molar-refractivity contribution < 1.29 is 4.74 Å². The minimum atomic E-state index is 0.173. The molecule has 0 aromatic carbocycles. The Hall–Kier alpha value is -1.93. The number of hydrogen-bond acceptors (Lipinski definition) is 5. The molecular formula is C16H22N4O. The van der Waals surface area contributed by atoms with Gasteiger partial charge in [-0.25, -0.2) is 0 Å². The first kappa shape index (κ1) is 15.5. The molecule has 1 saturated heterocycles. The van der Waals surface area contributed by atoms with Gasteiger partial charge in [-0.15, -0.1) is 11.7 Å². The number of hydrogen-bond donors (Lipinski definition) is 0. The van der Waals surface area contributed by atoms with Crippen molar-refractivity contribution in [2.45, 2.75) is 39.2 Å². The summed E-state index contributed by atoms with van der Waals surface area (Å²) in [5.41, 5.74) is 2.63. The predicted molar refractivity (Wildman–Crippen MR) is 82.3 cm³/mol. The molecule has 1 aliphatic rings. The van der Waals surface area contributed by atoms with Crippen LogP contribution in [0, 0.1) is 11.3 Å². The van der Waals surface area contributed by atoms with E-state index in [0.717, 1.165) is 43.6 Å². The van der Waals surface area contributed by atoms with Crippen molar-refractivity contribution in [3.8, 4) is 6.07 Å². The summed E-state index contributed by atoms with van der Waals surface area (Å²) in [5, 5.41) is 18.1. The van der Waals surface area contributed by atoms with E-state index in [0.29, 0.717) is 18.0 Å². The van der Waals surface area contributed by atoms with Crippen LogP contribution >= 0.6 is 0 Å². The van der Waals surface area contributed by atoms with Crippen molar-refractivity contribution in [2.75, 3.05) is 24.6 Å². The molecule has 1 aromatic rings. The van der Waals surface area contributed by atoms with Gasteiger partial charge in [-0.1, -0.05) is 19.9 Å². The summed E-state index contributed by atoms with van der Waals surface area (Å²) < 4.78 is 5.69. The Morgan fingerprint density at radius 2 is 2.24 bits per heavy atom. The van der Waals surface area contributed by atoms with Gasteiger partial charge in [0.2, 0.25) is 0 Å². The molecule has 1 aliphatic heterocycles. The fourth-order valence-electron chi connectivity index (χ4n) is 2.76. The topological polar surface area (TPSA) is 62.0 Å².